The molecule has 0 aliphatic carbocycles. The summed E-state index contributed by atoms with van der Waals surface area (Å²) in [6, 6.07) is 14.3. The smallest absolute Gasteiger partial charge is 0.243 e. The molecule has 2 aromatic rings. The van der Waals surface area contributed by atoms with Gasteiger partial charge in [0, 0.05) is 12.2 Å². The zero-order valence-corrected chi connectivity index (χ0v) is 15.2. The molecule has 1 fully saturated rings. The van der Waals surface area contributed by atoms with Crippen molar-refractivity contribution < 1.29 is 18.3 Å². The van der Waals surface area contributed by atoms with Gasteiger partial charge in [0.2, 0.25) is 15.9 Å². The van der Waals surface area contributed by atoms with Crippen molar-refractivity contribution in [3.63, 3.8) is 0 Å². The summed E-state index contributed by atoms with van der Waals surface area (Å²) in [4.78, 5) is 13.0. The van der Waals surface area contributed by atoms with Gasteiger partial charge in [0.1, 0.15) is 6.04 Å². The minimum absolute atomic E-state index is 0.123. The molecule has 138 valence electrons. The van der Waals surface area contributed by atoms with Crippen LogP contribution >= 0.6 is 0 Å². The lowest BCUT2D eigenvalue weighted by molar-refractivity contribution is -0.120. The van der Waals surface area contributed by atoms with Gasteiger partial charge in [-0.05, 0) is 42.7 Å². The number of nitrogens with one attached hydrogen (secondary N) is 1. The molecule has 1 unspecified atom stereocenters. The molecule has 1 heterocycles. The summed E-state index contributed by atoms with van der Waals surface area (Å²) < 4.78 is 27.2. The van der Waals surface area contributed by atoms with Crippen LogP contribution in [0.5, 0.6) is 0 Å². The normalized spacial score (nSPS) is 18.4. The van der Waals surface area contributed by atoms with Gasteiger partial charge in [-0.15, -0.1) is 0 Å². The fourth-order valence-electron chi connectivity index (χ4n) is 3.16. The fraction of sp³-hybridized carbons (Fsp3) is 0.316. The molecule has 1 saturated heterocycles. The molecule has 0 bridgehead atoms. The number of benzene rings is 2. The van der Waals surface area contributed by atoms with E-state index in [1.54, 1.807) is 54.6 Å². The van der Waals surface area contributed by atoms with E-state index < -0.39 is 16.1 Å². The van der Waals surface area contributed by atoms with Gasteiger partial charge in [0.15, 0.2) is 0 Å². The molecule has 6 nitrogen and oxygen atoms in total. The molecule has 3 rings (SSSR count). The maximum Gasteiger partial charge on any atom is 0.243 e. The van der Waals surface area contributed by atoms with E-state index in [1.165, 1.54) is 4.31 Å². The highest BCUT2D eigenvalue weighted by molar-refractivity contribution is 7.89. The van der Waals surface area contributed by atoms with Gasteiger partial charge in [-0.25, -0.2) is 8.42 Å². The number of nitrogens with zero attached hydrogens (tertiary/aromatic N) is 1. The predicted molar refractivity (Wildman–Crippen MR) is 99.0 cm³/mol. The Labute approximate surface area is 153 Å². The highest BCUT2D eigenvalue weighted by atomic mass is 32.2. The van der Waals surface area contributed by atoms with Crippen LogP contribution in [-0.4, -0.2) is 36.3 Å². The monoisotopic (exact) mass is 374 g/mol. The average Bonchev–Trinajstić information content (AvgIpc) is 2.68. The number of hydrogen-bond acceptors (Lipinski definition) is 4. The summed E-state index contributed by atoms with van der Waals surface area (Å²) in [6.45, 7) is 0.202. The quantitative estimate of drug-likeness (QED) is 0.841. The van der Waals surface area contributed by atoms with Crippen molar-refractivity contribution in [2.75, 3.05) is 11.9 Å². The number of carbonyl (C=O) groups is 1. The lowest BCUT2D eigenvalue weighted by Gasteiger charge is -2.33. The first kappa shape index (κ1) is 18.6. The van der Waals surface area contributed by atoms with Crippen LogP contribution < -0.4 is 5.32 Å². The van der Waals surface area contributed by atoms with Crippen LogP contribution in [0.1, 0.15) is 24.8 Å². The molecular weight excluding hydrogens is 352 g/mol. The topological polar surface area (TPSA) is 86.7 Å². The largest absolute Gasteiger partial charge is 0.392 e. The highest BCUT2D eigenvalue weighted by Gasteiger charge is 2.37. The molecule has 0 aromatic heterocycles. The van der Waals surface area contributed by atoms with Crippen LogP contribution in [0.25, 0.3) is 0 Å². The van der Waals surface area contributed by atoms with Gasteiger partial charge in [-0.1, -0.05) is 36.8 Å². The van der Waals surface area contributed by atoms with Gasteiger partial charge in [-0.2, -0.15) is 4.31 Å². The number of aliphatic hydroxyl groups is 1. The van der Waals surface area contributed by atoms with Gasteiger partial charge in [-0.3, -0.25) is 4.79 Å². The summed E-state index contributed by atoms with van der Waals surface area (Å²) in [5, 5.41) is 12.0. The molecule has 1 amide bonds. The minimum Gasteiger partial charge on any atom is -0.392 e. The van der Waals surface area contributed by atoms with Crippen LogP contribution in [-0.2, 0) is 21.4 Å². The van der Waals surface area contributed by atoms with E-state index in [0.717, 1.165) is 12.8 Å². The zero-order chi connectivity index (χ0) is 18.6. The number of carbonyl (C=O) groups excluding carboxylic acids is 1. The Morgan fingerprint density at radius 1 is 1.12 bits per heavy atom. The fourth-order valence-corrected chi connectivity index (χ4v) is 4.83. The molecule has 2 N–H and O–H groups in total. The number of piperidine rings is 1. The molecule has 2 aromatic carbocycles. The van der Waals surface area contributed by atoms with Crippen molar-refractivity contribution in [2.24, 2.45) is 0 Å². The van der Waals surface area contributed by atoms with E-state index in [0.29, 0.717) is 24.2 Å². The van der Waals surface area contributed by atoms with Crippen molar-refractivity contribution in [1.82, 2.24) is 4.31 Å². The number of sulfonamides is 1. The van der Waals surface area contributed by atoms with Gasteiger partial charge in [0.25, 0.3) is 0 Å². The van der Waals surface area contributed by atoms with Crippen molar-refractivity contribution >= 4 is 21.6 Å². The van der Waals surface area contributed by atoms with Crippen molar-refractivity contribution in [3.8, 4) is 0 Å². The summed E-state index contributed by atoms with van der Waals surface area (Å²) in [6.07, 6.45) is 2.02. The molecule has 1 atom stereocenters. The van der Waals surface area contributed by atoms with E-state index >= 15 is 0 Å². The van der Waals surface area contributed by atoms with Crippen LogP contribution in [0.4, 0.5) is 5.69 Å². The Balaban J connectivity index is 1.83. The first-order valence-electron chi connectivity index (χ1n) is 8.60. The number of aliphatic hydroxyl groups excluding tert-OH is 1. The lowest BCUT2D eigenvalue weighted by atomic mass is 10.0. The van der Waals surface area contributed by atoms with Crippen LogP contribution in [0, 0.1) is 0 Å². The Morgan fingerprint density at radius 3 is 2.62 bits per heavy atom. The highest BCUT2D eigenvalue weighted by Crippen LogP contribution is 2.26. The third kappa shape index (κ3) is 3.95. The average molecular weight is 374 g/mol. The minimum atomic E-state index is -3.73. The standard InChI is InChI=1S/C19H22N2O4S/c22-14-15-7-6-8-16(13-15)20-19(23)18-11-4-5-12-21(18)26(24,25)17-9-2-1-3-10-17/h1-3,6-10,13,18,22H,4-5,11-12,14H2,(H,20,23). The number of rotatable bonds is 5. The maximum atomic E-state index is 13.0. The second kappa shape index (κ2) is 7.99. The first-order valence-corrected chi connectivity index (χ1v) is 10.0. The number of amides is 1. The summed E-state index contributed by atoms with van der Waals surface area (Å²) in [5.41, 5.74) is 1.23. The van der Waals surface area contributed by atoms with E-state index in [-0.39, 0.29) is 17.4 Å². The SMILES string of the molecule is O=C(Nc1cccc(CO)c1)C1CCCCN1S(=O)(=O)c1ccccc1. The number of hydrogen-bond donors (Lipinski definition) is 2. The Morgan fingerprint density at radius 2 is 1.88 bits per heavy atom. The van der Waals surface area contributed by atoms with E-state index in [2.05, 4.69) is 5.32 Å². The van der Waals surface area contributed by atoms with Gasteiger partial charge >= 0.3 is 0 Å². The van der Waals surface area contributed by atoms with E-state index in [9.17, 15) is 18.3 Å². The Hall–Kier alpha value is -2.22. The third-order valence-corrected chi connectivity index (χ3v) is 6.41. The second-order valence-electron chi connectivity index (χ2n) is 6.29. The maximum absolute atomic E-state index is 13.0. The molecule has 1 aliphatic heterocycles. The van der Waals surface area contributed by atoms with Gasteiger partial charge in [0.05, 0.1) is 11.5 Å². The molecule has 26 heavy (non-hydrogen) atoms. The predicted octanol–water partition coefficient (Wildman–Crippen LogP) is 2.36. The van der Waals surface area contributed by atoms with Crippen LogP contribution in [0.15, 0.2) is 59.5 Å². The molecular formula is C19H22N2O4S. The molecule has 7 heteroatoms. The molecule has 0 saturated carbocycles. The Kier molecular flexibility index (Phi) is 5.70. The summed E-state index contributed by atoms with van der Waals surface area (Å²) in [5.74, 6) is -0.348. The molecule has 0 spiro atoms. The lowest BCUT2D eigenvalue weighted by Crippen LogP contribution is -2.49. The number of anilines is 1. The third-order valence-electron chi connectivity index (χ3n) is 4.48. The summed E-state index contributed by atoms with van der Waals surface area (Å²) >= 11 is 0. The van der Waals surface area contributed by atoms with Crippen LogP contribution in [0.2, 0.25) is 0 Å². The van der Waals surface area contributed by atoms with E-state index in [1.807, 2.05) is 0 Å². The van der Waals surface area contributed by atoms with Crippen molar-refractivity contribution in [3.05, 3.63) is 60.2 Å². The molecule has 0 radical (unpaired) electrons. The van der Waals surface area contributed by atoms with E-state index in [4.69, 9.17) is 0 Å². The second-order valence-corrected chi connectivity index (χ2v) is 8.18. The zero-order valence-electron chi connectivity index (χ0n) is 14.3. The Bertz CT molecular complexity index is 868. The molecule has 1 aliphatic rings. The van der Waals surface area contributed by atoms with Crippen molar-refractivity contribution in [2.45, 2.75) is 36.8 Å². The van der Waals surface area contributed by atoms with Crippen molar-refractivity contribution in [1.29, 1.82) is 0 Å². The summed E-state index contributed by atoms with van der Waals surface area (Å²) in [7, 11) is -3.73. The van der Waals surface area contributed by atoms with Crippen LogP contribution in [0.3, 0.4) is 0 Å². The first-order chi connectivity index (χ1) is 12.5. The van der Waals surface area contributed by atoms with Gasteiger partial charge < -0.3 is 10.4 Å².